The second kappa shape index (κ2) is 15.3. The molecule has 1 aromatic rings. The minimum atomic E-state index is -1.49. The summed E-state index contributed by atoms with van der Waals surface area (Å²) in [6.07, 6.45) is 4.42. The fourth-order valence-corrected chi connectivity index (χ4v) is 4.45. The Balaban J connectivity index is 2.06. The predicted molar refractivity (Wildman–Crippen MR) is 151 cm³/mol. The number of hydrogen-bond acceptors (Lipinski definition) is 8. The summed E-state index contributed by atoms with van der Waals surface area (Å²) in [4.78, 5) is 15.2. The molecule has 9 nitrogen and oxygen atoms in total. The van der Waals surface area contributed by atoms with Crippen molar-refractivity contribution < 1.29 is 34.6 Å². The van der Waals surface area contributed by atoms with Gasteiger partial charge in [0.1, 0.15) is 24.4 Å². The predicted octanol–water partition coefficient (Wildman–Crippen LogP) is 2.86. The number of H-pyrrole nitrogens is 1. The molecule has 1 aliphatic heterocycles. The fourth-order valence-electron chi connectivity index (χ4n) is 4.45. The van der Waals surface area contributed by atoms with Crippen LogP contribution in [0.15, 0.2) is 58.0 Å². The molecule has 0 bridgehead atoms. The molecule has 7 atom stereocenters. The van der Waals surface area contributed by atoms with Crippen molar-refractivity contribution in [3.05, 3.63) is 74.6 Å². The van der Waals surface area contributed by atoms with Crippen LogP contribution in [0.5, 0.6) is 5.88 Å². The van der Waals surface area contributed by atoms with Crippen molar-refractivity contribution in [1.82, 2.24) is 4.98 Å². The zero-order chi connectivity index (χ0) is 29.3. The molecule has 9 heteroatoms. The van der Waals surface area contributed by atoms with Crippen molar-refractivity contribution in [2.24, 2.45) is 5.92 Å². The highest BCUT2D eigenvalue weighted by Crippen LogP contribution is 2.28. The molecule has 2 heterocycles. The van der Waals surface area contributed by atoms with Crippen LogP contribution in [0.4, 0.5) is 0 Å². The minimum Gasteiger partial charge on any atom is -0.482 e. The number of aliphatic hydroxyl groups is 4. The summed E-state index contributed by atoms with van der Waals surface area (Å²) in [6, 6.07) is 1.45. The molecule has 0 aliphatic carbocycles. The third-order valence-corrected chi connectivity index (χ3v) is 7.09. The first-order valence-corrected chi connectivity index (χ1v) is 13.3. The van der Waals surface area contributed by atoms with Gasteiger partial charge in [0, 0.05) is 29.7 Å². The lowest BCUT2D eigenvalue weighted by atomic mass is 9.94. The number of rotatable bonds is 12. The molecular formula is C30H45NO8. The molecule has 218 valence electrons. The van der Waals surface area contributed by atoms with E-state index in [1.165, 1.54) is 13.2 Å². The van der Waals surface area contributed by atoms with E-state index < -0.39 is 43.4 Å². The molecule has 1 saturated heterocycles. The van der Waals surface area contributed by atoms with Crippen molar-refractivity contribution in [3.8, 4) is 5.88 Å². The molecule has 0 spiro atoms. The van der Waals surface area contributed by atoms with Gasteiger partial charge in [-0.25, -0.2) is 0 Å². The Morgan fingerprint density at radius 1 is 1.18 bits per heavy atom. The van der Waals surface area contributed by atoms with Gasteiger partial charge in [0.25, 0.3) is 0 Å². The quantitative estimate of drug-likeness (QED) is 0.199. The molecule has 2 rings (SSSR count). The third kappa shape index (κ3) is 8.99. The lowest BCUT2D eigenvalue weighted by Gasteiger charge is -2.41. The van der Waals surface area contributed by atoms with Crippen LogP contribution in [0.1, 0.15) is 52.3 Å². The van der Waals surface area contributed by atoms with E-state index in [9.17, 15) is 25.2 Å². The Morgan fingerprint density at radius 2 is 1.87 bits per heavy atom. The summed E-state index contributed by atoms with van der Waals surface area (Å²) in [5, 5.41) is 40.1. The molecule has 1 aliphatic rings. The molecule has 1 fully saturated rings. The van der Waals surface area contributed by atoms with Crippen LogP contribution in [0, 0.1) is 12.8 Å². The van der Waals surface area contributed by atoms with Crippen molar-refractivity contribution in [2.75, 3.05) is 13.7 Å². The van der Waals surface area contributed by atoms with Gasteiger partial charge < -0.3 is 39.6 Å². The van der Waals surface area contributed by atoms with Crippen molar-refractivity contribution in [2.45, 2.75) is 91.2 Å². The molecule has 1 aromatic heterocycles. The summed E-state index contributed by atoms with van der Waals surface area (Å²) in [5.41, 5.74) is 4.55. The third-order valence-electron chi connectivity index (χ3n) is 7.09. The molecule has 0 aromatic carbocycles. The van der Waals surface area contributed by atoms with Crippen LogP contribution in [-0.4, -0.2) is 75.9 Å². The summed E-state index contributed by atoms with van der Waals surface area (Å²) < 4.78 is 16.8. The maximum absolute atomic E-state index is 12.1. The fraction of sp³-hybridized carbons (Fsp3) is 0.567. The molecule has 5 N–H and O–H groups in total. The molecule has 39 heavy (non-hydrogen) atoms. The highest BCUT2D eigenvalue weighted by molar-refractivity contribution is 5.27. The zero-order valence-electron chi connectivity index (χ0n) is 24.0. The normalized spacial score (nSPS) is 26.6. The number of allylic oxidation sites excluding steroid dienone is 6. The number of nitrogens with one attached hydrogen (secondary N) is 1. The van der Waals surface area contributed by atoms with Gasteiger partial charge in [-0.1, -0.05) is 48.5 Å². The van der Waals surface area contributed by atoms with Crippen LogP contribution in [0.3, 0.4) is 0 Å². The average molecular weight is 548 g/mol. The Kier molecular flexibility index (Phi) is 12.8. The van der Waals surface area contributed by atoms with E-state index >= 15 is 0 Å². The molecule has 0 saturated carbocycles. The van der Waals surface area contributed by atoms with Crippen molar-refractivity contribution in [1.29, 1.82) is 0 Å². The van der Waals surface area contributed by atoms with Gasteiger partial charge in [0.2, 0.25) is 0 Å². The average Bonchev–Trinajstić information content (AvgIpc) is 2.91. The first-order chi connectivity index (χ1) is 18.4. The van der Waals surface area contributed by atoms with Gasteiger partial charge >= 0.3 is 0 Å². The monoisotopic (exact) mass is 547 g/mol. The van der Waals surface area contributed by atoms with Crippen LogP contribution in [0.2, 0.25) is 0 Å². The Hall–Kier alpha value is -2.53. The number of aromatic nitrogens is 1. The van der Waals surface area contributed by atoms with Gasteiger partial charge in [-0.05, 0) is 46.6 Å². The molecule has 0 radical (unpaired) electrons. The van der Waals surface area contributed by atoms with Crippen molar-refractivity contribution in [3.63, 3.8) is 0 Å². The summed E-state index contributed by atoms with van der Waals surface area (Å²) in [6.45, 7) is 11.1. The number of hydrogen-bond donors (Lipinski definition) is 5. The second-order valence-electron chi connectivity index (χ2n) is 10.2. The van der Waals surface area contributed by atoms with E-state index in [0.717, 1.165) is 28.8 Å². The number of ether oxygens (including phenoxy) is 3. The number of methoxy groups -OCH3 is 1. The molecule has 0 unspecified atom stereocenters. The van der Waals surface area contributed by atoms with E-state index in [1.807, 2.05) is 46.8 Å². The van der Waals surface area contributed by atoms with Crippen LogP contribution < -0.4 is 10.2 Å². The van der Waals surface area contributed by atoms with Crippen LogP contribution in [0.25, 0.3) is 0 Å². The maximum Gasteiger partial charge on any atom is 0.194 e. The van der Waals surface area contributed by atoms with Gasteiger partial charge in [-0.15, -0.1) is 0 Å². The van der Waals surface area contributed by atoms with E-state index in [0.29, 0.717) is 17.9 Å². The number of aliphatic hydroxyl groups excluding tert-OH is 4. The molecular weight excluding hydrogens is 502 g/mol. The first kappa shape index (κ1) is 32.7. The van der Waals surface area contributed by atoms with E-state index in [2.05, 4.69) is 23.2 Å². The SMILES string of the molecule is C/C=C(\C)[C@H](O[C@@H]1O[C@H](CO)[C@@H](O)[C@H](O)[C@H]1O)[C@H](C)/C=C(C)/C=C/C/C(C)=C/Cc1[nH]c(OC)cc(=O)c1C. The summed E-state index contributed by atoms with van der Waals surface area (Å²) >= 11 is 0. The highest BCUT2D eigenvalue weighted by atomic mass is 16.7. The van der Waals surface area contributed by atoms with Gasteiger partial charge in [-0.3, -0.25) is 4.79 Å². The van der Waals surface area contributed by atoms with E-state index in [-0.39, 0.29) is 11.3 Å². The largest absolute Gasteiger partial charge is 0.482 e. The van der Waals surface area contributed by atoms with Gasteiger partial charge in [-0.2, -0.15) is 0 Å². The Morgan fingerprint density at radius 3 is 2.49 bits per heavy atom. The summed E-state index contributed by atoms with van der Waals surface area (Å²) in [7, 11) is 1.52. The maximum atomic E-state index is 12.1. The first-order valence-electron chi connectivity index (χ1n) is 13.3. The molecule has 0 amide bonds. The van der Waals surface area contributed by atoms with Crippen molar-refractivity contribution >= 4 is 0 Å². The number of aromatic amines is 1. The van der Waals surface area contributed by atoms with Crippen LogP contribution >= 0.6 is 0 Å². The van der Waals surface area contributed by atoms with Gasteiger partial charge in [0.05, 0.1) is 19.8 Å². The standard InChI is InChI=1S/C30H45NO8/c1-8-19(4)29(39-30-28(36)27(35)26(34)24(16-32)38-30)20(5)14-18(3)11-9-10-17(2)12-13-22-21(6)23(33)15-25(31-22)37-7/h8-9,11-12,14-15,20,24,26-30,32,34-36H,10,13,16H2,1-7H3,(H,31,33)/b11-9+,17-12+,18-14+,19-8+/t20-,24-,26-,27+,28-,29+,30+/m1/s1. The Labute approximate surface area is 231 Å². The lowest BCUT2D eigenvalue weighted by Crippen LogP contribution is -2.60. The van der Waals surface area contributed by atoms with E-state index in [4.69, 9.17) is 14.2 Å². The second-order valence-corrected chi connectivity index (χ2v) is 10.2. The topological polar surface area (TPSA) is 141 Å². The van der Waals surface area contributed by atoms with Gasteiger partial charge in [0.15, 0.2) is 17.6 Å². The lowest BCUT2D eigenvalue weighted by molar-refractivity contribution is -0.310. The van der Waals surface area contributed by atoms with E-state index in [1.54, 1.807) is 6.92 Å². The smallest absolute Gasteiger partial charge is 0.194 e. The highest BCUT2D eigenvalue weighted by Gasteiger charge is 2.45. The summed E-state index contributed by atoms with van der Waals surface area (Å²) in [5.74, 6) is 0.339. The zero-order valence-corrected chi connectivity index (χ0v) is 24.0. The number of pyridine rings is 1. The Bertz CT molecular complexity index is 1120. The van der Waals surface area contributed by atoms with Crippen LogP contribution in [-0.2, 0) is 15.9 Å². The minimum absolute atomic E-state index is 0.0524.